The van der Waals surface area contributed by atoms with Crippen LogP contribution in [0.15, 0.2) is 76.8 Å². The second-order valence-corrected chi connectivity index (χ2v) is 6.38. The molecule has 0 unspecified atom stereocenters. The third-order valence-electron chi connectivity index (χ3n) is 3.74. The minimum atomic E-state index is 0.538. The van der Waals surface area contributed by atoms with E-state index >= 15 is 0 Å². The molecule has 0 aliphatic heterocycles. The zero-order valence-electron chi connectivity index (χ0n) is 13.5. The van der Waals surface area contributed by atoms with Gasteiger partial charge in [-0.3, -0.25) is 0 Å². The molecule has 0 amide bonds. The summed E-state index contributed by atoms with van der Waals surface area (Å²) in [5.74, 6) is 1.69. The van der Waals surface area contributed by atoms with Crippen LogP contribution in [-0.4, -0.2) is 19.7 Å². The summed E-state index contributed by atoms with van der Waals surface area (Å²) in [5, 5.41) is 9.19. The summed E-state index contributed by atoms with van der Waals surface area (Å²) >= 11 is 1.58. The van der Waals surface area contributed by atoms with Crippen LogP contribution in [0.5, 0.6) is 0 Å². The normalized spacial score (nSPS) is 11.0. The van der Waals surface area contributed by atoms with Crippen molar-refractivity contribution in [2.45, 2.75) is 17.5 Å². The Kier molecular flexibility index (Phi) is 4.35. The van der Waals surface area contributed by atoms with Crippen molar-refractivity contribution < 1.29 is 4.42 Å². The van der Waals surface area contributed by atoms with Gasteiger partial charge >= 0.3 is 0 Å². The van der Waals surface area contributed by atoms with Crippen LogP contribution >= 0.6 is 11.8 Å². The lowest BCUT2D eigenvalue weighted by atomic mass is 10.2. The van der Waals surface area contributed by atoms with Crippen molar-refractivity contribution in [2.24, 2.45) is 0 Å². The zero-order valence-corrected chi connectivity index (χ0v) is 14.3. The highest BCUT2D eigenvalue weighted by Crippen LogP contribution is 2.27. The molecule has 2 aromatic heterocycles. The number of hydrogen-bond acceptors (Lipinski definition) is 5. The Hall–Kier alpha value is -2.86. The Morgan fingerprint density at radius 3 is 2.68 bits per heavy atom. The third-order valence-corrected chi connectivity index (χ3v) is 4.70. The first-order chi connectivity index (χ1) is 12.3. The Bertz CT molecular complexity index is 1010. The predicted molar refractivity (Wildman–Crippen MR) is 99.2 cm³/mol. The Morgan fingerprint density at radius 1 is 1.04 bits per heavy atom. The second kappa shape index (κ2) is 6.94. The Morgan fingerprint density at radius 2 is 1.84 bits per heavy atom. The number of aromatic nitrogens is 4. The van der Waals surface area contributed by atoms with E-state index in [0.717, 1.165) is 21.8 Å². The third kappa shape index (κ3) is 3.21. The average molecular weight is 348 g/mol. The lowest BCUT2D eigenvalue weighted by Crippen LogP contribution is -1.97. The highest BCUT2D eigenvalue weighted by molar-refractivity contribution is 7.98. The van der Waals surface area contributed by atoms with E-state index < -0.39 is 0 Å². The molecule has 2 heterocycles. The second-order valence-electron chi connectivity index (χ2n) is 5.44. The summed E-state index contributed by atoms with van der Waals surface area (Å²) in [5.41, 5.74) is 2.99. The average Bonchev–Trinajstić information content (AvgIpc) is 3.26. The number of hydrogen-bond donors (Lipinski definition) is 0. The van der Waals surface area contributed by atoms with Crippen molar-refractivity contribution in [3.8, 4) is 11.5 Å². The molecule has 25 heavy (non-hydrogen) atoms. The number of thioether (sulfide) groups is 1. The quantitative estimate of drug-likeness (QED) is 0.377. The predicted octanol–water partition coefficient (Wildman–Crippen LogP) is 4.56. The van der Waals surface area contributed by atoms with Crippen molar-refractivity contribution in [3.63, 3.8) is 0 Å². The molecule has 6 heteroatoms. The van der Waals surface area contributed by atoms with Gasteiger partial charge in [0.15, 0.2) is 5.16 Å². The van der Waals surface area contributed by atoms with Gasteiger partial charge in [-0.05, 0) is 24.3 Å². The van der Waals surface area contributed by atoms with Gasteiger partial charge in [0.1, 0.15) is 0 Å². The molecule has 4 rings (SSSR count). The largest absolute Gasteiger partial charge is 0.420 e. The van der Waals surface area contributed by atoms with Gasteiger partial charge in [0.25, 0.3) is 0 Å². The van der Waals surface area contributed by atoms with Gasteiger partial charge in [-0.1, -0.05) is 48.2 Å². The van der Waals surface area contributed by atoms with Crippen LogP contribution in [0.2, 0.25) is 0 Å². The summed E-state index contributed by atoms with van der Waals surface area (Å²) in [7, 11) is 0. The van der Waals surface area contributed by atoms with E-state index in [1.165, 1.54) is 0 Å². The molecule has 0 saturated carbocycles. The van der Waals surface area contributed by atoms with Crippen LogP contribution in [0, 0.1) is 0 Å². The summed E-state index contributed by atoms with van der Waals surface area (Å²) in [6, 6.07) is 17.9. The first-order valence-electron chi connectivity index (χ1n) is 7.92. The van der Waals surface area contributed by atoms with Gasteiger partial charge in [0, 0.05) is 12.1 Å². The van der Waals surface area contributed by atoms with E-state index in [1.807, 2.05) is 54.6 Å². The van der Waals surface area contributed by atoms with Crippen LogP contribution in [0.4, 0.5) is 0 Å². The SMILES string of the molecule is C=CCn1c(SCc2nnc(-c3ccccc3)o2)nc2ccccc21. The monoisotopic (exact) mass is 348 g/mol. The molecule has 124 valence electrons. The van der Waals surface area contributed by atoms with Gasteiger partial charge < -0.3 is 8.98 Å². The molecule has 0 spiro atoms. The summed E-state index contributed by atoms with van der Waals surface area (Å²) in [4.78, 5) is 4.70. The highest BCUT2D eigenvalue weighted by atomic mass is 32.2. The summed E-state index contributed by atoms with van der Waals surface area (Å²) in [6.45, 7) is 4.55. The summed E-state index contributed by atoms with van der Waals surface area (Å²) < 4.78 is 7.91. The fourth-order valence-electron chi connectivity index (χ4n) is 2.60. The van der Waals surface area contributed by atoms with E-state index in [4.69, 9.17) is 9.40 Å². The first kappa shape index (κ1) is 15.7. The van der Waals surface area contributed by atoms with E-state index in [2.05, 4.69) is 27.4 Å². The lowest BCUT2D eigenvalue weighted by Gasteiger charge is -2.04. The summed E-state index contributed by atoms with van der Waals surface area (Å²) in [6.07, 6.45) is 1.87. The molecule has 4 aromatic rings. The van der Waals surface area contributed by atoms with E-state index in [0.29, 0.717) is 24.1 Å². The van der Waals surface area contributed by atoms with Crippen LogP contribution in [0.25, 0.3) is 22.5 Å². The van der Waals surface area contributed by atoms with Crippen LogP contribution in [0.3, 0.4) is 0 Å². The maximum Gasteiger partial charge on any atom is 0.247 e. The lowest BCUT2D eigenvalue weighted by molar-refractivity contribution is 0.528. The van der Waals surface area contributed by atoms with E-state index in [1.54, 1.807) is 11.8 Å². The molecule has 0 N–H and O–H groups in total. The minimum absolute atomic E-state index is 0.538. The molecule has 2 aromatic carbocycles. The Balaban J connectivity index is 1.56. The number of fused-ring (bicyclic) bond motifs is 1. The number of para-hydroxylation sites is 2. The molecular formula is C19H16N4OS. The van der Waals surface area contributed by atoms with Crippen molar-refractivity contribution in [3.05, 3.63) is 73.1 Å². The molecule has 0 fully saturated rings. The zero-order chi connectivity index (χ0) is 17.1. The molecule has 0 atom stereocenters. The fourth-order valence-corrected chi connectivity index (χ4v) is 3.47. The number of allylic oxidation sites excluding steroid dienone is 1. The van der Waals surface area contributed by atoms with Crippen LogP contribution in [0.1, 0.15) is 5.89 Å². The standard InChI is InChI=1S/C19H16N4OS/c1-2-12-23-16-11-7-6-10-15(16)20-19(23)25-13-17-21-22-18(24-17)14-8-4-3-5-9-14/h2-11H,1,12-13H2. The molecule has 0 bridgehead atoms. The van der Waals surface area contributed by atoms with Gasteiger partial charge in [-0.25, -0.2) is 4.98 Å². The molecule has 0 saturated heterocycles. The Labute approximate surface area is 149 Å². The molecule has 5 nitrogen and oxygen atoms in total. The van der Waals surface area contributed by atoms with Crippen molar-refractivity contribution in [2.75, 3.05) is 0 Å². The number of rotatable bonds is 6. The van der Waals surface area contributed by atoms with Gasteiger partial charge in [-0.15, -0.1) is 16.8 Å². The van der Waals surface area contributed by atoms with E-state index in [9.17, 15) is 0 Å². The smallest absolute Gasteiger partial charge is 0.247 e. The van der Waals surface area contributed by atoms with Crippen molar-refractivity contribution in [1.82, 2.24) is 19.7 Å². The fraction of sp³-hybridized carbons (Fsp3) is 0.105. The van der Waals surface area contributed by atoms with Crippen LogP contribution in [-0.2, 0) is 12.3 Å². The number of imidazole rings is 1. The highest BCUT2D eigenvalue weighted by Gasteiger charge is 2.13. The van der Waals surface area contributed by atoms with Crippen LogP contribution < -0.4 is 0 Å². The van der Waals surface area contributed by atoms with Crippen molar-refractivity contribution >= 4 is 22.8 Å². The van der Waals surface area contributed by atoms with E-state index in [-0.39, 0.29) is 0 Å². The molecular weight excluding hydrogens is 332 g/mol. The number of nitrogens with zero attached hydrogens (tertiary/aromatic N) is 4. The van der Waals surface area contributed by atoms with Gasteiger partial charge in [0.05, 0.1) is 16.8 Å². The molecule has 0 radical (unpaired) electrons. The minimum Gasteiger partial charge on any atom is -0.420 e. The maximum atomic E-state index is 5.77. The molecule has 0 aliphatic carbocycles. The topological polar surface area (TPSA) is 56.7 Å². The van der Waals surface area contributed by atoms with Gasteiger partial charge in [-0.2, -0.15) is 0 Å². The molecule has 0 aliphatic rings. The van der Waals surface area contributed by atoms with Gasteiger partial charge in [0.2, 0.25) is 11.8 Å². The maximum absolute atomic E-state index is 5.77. The van der Waals surface area contributed by atoms with Crippen molar-refractivity contribution in [1.29, 1.82) is 0 Å². The number of benzene rings is 2. The first-order valence-corrected chi connectivity index (χ1v) is 8.90.